The zero-order valence-electron chi connectivity index (χ0n) is 13.7. The average molecular weight is 326 g/mol. The number of aliphatic hydroxyl groups excluding tert-OH is 1. The van der Waals surface area contributed by atoms with Crippen molar-refractivity contribution >= 4 is 11.1 Å². The van der Waals surface area contributed by atoms with Gasteiger partial charge in [-0.25, -0.2) is 4.98 Å². The van der Waals surface area contributed by atoms with Gasteiger partial charge in [-0.15, -0.1) is 0 Å². The summed E-state index contributed by atoms with van der Waals surface area (Å²) in [6.45, 7) is 3.40. The second-order valence-electron chi connectivity index (χ2n) is 6.62. The first-order valence-electron chi connectivity index (χ1n) is 8.43. The number of nitrogens with zero attached hydrogens (tertiary/aromatic N) is 3. The summed E-state index contributed by atoms with van der Waals surface area (Å²) in [7, 11) is 0. The molecular weight excluding hydrogens is 304 g/mol. The van der Waals surface area contributed by atoms with E-state index in [4.69, 9.17) is 4.42 Å². The topological polar surface area (TPSA) is 76.1 Å². The Labute approximate surface area is 140 Å². The van der Waals surface area contributed by atoms with Crippen LogP contribution < -0.4 is 5.32 Å². The fourth-order valence-electron chi connectivity index (χ4n) is 3.66. The van der Waals surface area contributed by atoms with E-state index in [1.807, 2.05) is 36.0 Å². The molecule has 6 heteroatoms. The van der Waals surface area contributed by atoms with Gasteiger partial charge in [0.15, 0.2) is 11.5 Å². The van der Waals surface area contributed by atoms with Gasteiger partial charge in [-0.1, -0.05) is 12.1 Å². The fourth-order valence-corrected chi connectivity index (χ4v) is 3.66. The molecule has 1 aliphatic carbocycles. The highest BCUT2D eigenvalue weighted by Crippen LogP contribution is 2.28. The van der Waals surface area contributed by atoms with Crippen LogP contribution in [-0.4, -0.2) is 32.0 Å². The first kappa shape index (κ1) is 15.4. The predicted octanol–water partition coefficient (Wildman–Crippen LogP) is 2.26. The summed E-state index contributed by atoms with van der Waals surface area (Å²) in [5.74, 6) is 1.13. The number of aliphatic hydroxyl groups is 1. The van der Waals surface area contributed by atoms with Crippen molar-refractivity contribution in [2.45, 2.75) is 45.0 Å². The van der Waals surface area contributed by atoms with E-state index in [1.54, 1.807) is 6.20 Å². The van der Waals surface area contributed by atoms with E-state index in [1.165, 1.54) is 0 Å². The van der Waals surface area contributed by atoms with Gasteiger partial charge < -0.3 is 14.8 Å². The summed E-state index contributed by atoms with van der Waals surface area (Å²) in [5.41, 5.74) is 2.82. The maximum atomic E-state index is 10.4. The molecule has 0 aliphatic heterocycles. The SMILES string of the molecule is Cc1nc2c(CN[C@@H]3CC(Cn4cccn4)C[C@H]3O)cccc2o1. The van der Waals surface area contributed by atoms with Gasteiger partial charge in [0, 0.05) is 38.4 Å². The van der Waals surface area contributed by atoms with Gasteiger partial charge in [0.05, 0.1) is 6.10 Å². The Morgan fingerprint density at radius 3 is 3.08 bits per heavy atom. The minimum absolute atomic E-state index is 0.105. The van der Waals surface area contributed by atoms with Gasteiger partial charge in [0.1, 0.15) is 5.52 Å². The molecule has 6 nitrogen and oxygen atoms in total. The lowest BCUT2D eigenvalue weighted by atomic mass is 10.1. The number of para-hydroxylation sites is 1. The summed E-state index contributed by atoms with van der Waals surface area (Å²) in [5, 5.41) is 18.1. The second kappa shape index (κ2) is 6.37. The lowest BCUT2D eigenvalue weighted by molar-refractivity contribution is 0.145. The number of nitrogens with one attached hydrogen (secondary N) is 1. The van der Waals surface area contributed by atoms with E-state index in [9.17, 15) is 5.11 Å². The van der Waals surface area contributed by atoms with Gasteiger partial charge in [0.25, 0.3) is 0 Å². The first-order chi connectivity index (χ1) is 11.7. The molecule has 0 bridgehead atoms. The zero-order valence-corrected chi connectivity index (χ0v) is 13.7. The quantitative estimate of drug-likeness (QED) is 0.752. The van der Waals surface area contributed by atoms with Crippen molar-refractivity contribution < 1.29 is 9.52 Å². The third-order valence-electron chi connectivity index (χ3n) is 4.80. The Morgan fingerprint density at radius 1 is 1.33 bits per heavy atom. The minimum Gasteiger partial charge on any atom is -0.441 e. The molecule has 0 spiro atoms. The van der Waals surface area contributed by atoms with E-state index < -0.39 is 0 Å². The number of aromatic nitrogens is 3. The van der Waals surface area contributed by atoms with Crippen LogP contribution in [0.15, 0.2) is 41.1 Å². The molecule has 24 heavy (non-hydrogen) atoms. The predicted molar refractivity (Wildman–Crippen MR) is 90.3 cm³/mol. The van der Waals surface area contributed by atoms with Crippen LogP contribution in [0.25, 0.3) is 11.1 Å². The lowest BCUT2D eigenvalue weighted by Gasteiger charge is -2.16. The highest BCUT2D eigenvalue weighted by atomic mass is 16.3. The number of benzene rings is 1. The molecule has 4 rings (SSSR count). The number of oxazole rings is 1. The van der Waals surface area contributed by atoms with Crippen molar-refractivity contribution in [3.63, 3.8) is 0 Å². The fraction of sp³-hybridized carbons (Fsp3) is 0.444. The van der Waals surface area contributed by atoms with Crippen LogP contribution in [-0.2, 0) is 13.1 Å². The monoisotopic (exact) mass is 326 g/mol. The Bertz CT molecular complexity index is 812. The maximum Gasteiger partial charge on any atom is 0.192 e. The van der Waals surface area contributed by atoms with Crippen molar-refractivity contribution in [2.24, 2.45) is 5.92 Å². The average Bonchev–Trinajstić information content (AvgIpc) is 3.26. The smallest absolute Gasteiger partial charge is 0.192 e. The van der Waals surface area contributed by atoms with Crippen LogP contribution in [0.3, 0.4) is 0 Å². The van der Waals surface area contributed by atoms with E-state index in [-0.39, 0.29) is 12.1 Å². The van der Waals surface area contributed by atoms with Crippen LogP contribution >= 0.6 is 0 Å². The molecule has 3 aromatic rings. The summed E-state index contributed by atoms with van der Waals surface area (Å²) in [4.78, 5) is 4.46. The molecule has 0 radical (unpaired) electrons. The van der Waals surface area contributed by atoms with Crippen LogP contribution in [0.4, 0.5) is 0 Å². The van der Waals surface area contributed by atoms with Crippen molar-refractivity contribution in [3.05, 3.63) is 48.1 Å². The van der Waals surface area contributed by atoms with E-state index in [2.05, 4.69) is 21.5 Å². The molecule has 1 aliphatic rings. The maximum absolute atomic E-state index is 10.4. The molecule has 1 unspecified atom stereocenters. The van der Waals surface area contributed by atoms with Crippen molar-refractivity contribution in [1.82, 2.24) is 20.1 Å². The van der Waals surface area contributed by atoms with Crippen molar-refractivity contribution in [2.75, 3.05) is 0 Å². The molecule has 3 atom stereocenters. The molecule has 1 aromatic carbocycles. The van der Waals surface area contributed by atoms with Gasteiger partial charge >= 0.3 is 0 Å². The normalized spacial score (nSPS) is 24.0. The number of rotatable bonds is 5. The highest BCUT2D eigenvalue weighted by molar-refractivity contribution is 5.76. The first-order valence-corrected chi connectivity index (χ1v) is 8.43. The second-order valence-corrected chi connectivity index (χ2v) is 6.62. The number of aryl methyl sites for hydroxylation is 1. The summed E-state index contributed by atoms with van der Waals surface area (Å²) in [6.07, 6.45) is 5.21. The van der Waals surface area contributed by atoms with Gasteiger partial charge in [-0.2, -0.15) is 5.10 Å². The van der Waals surface area contributed by atoms with Crippen LogP contribution in [0.5, 0.6) is 0 Å². The van der Waals surface area contributed by atoms with Gasteiger partial charge in [-0.3, -0.25) is 4.68 Å². The number of fused-ring (bicyclic) bond motifs is 1. The number of hydrogen-bond donors (Lipinski definition) is 2. The standard InChI is InChI=1S/C18H22N4O2/c1-12-21-18-14(4-2-5-17(18)24-12)10-19-15-8-13(9-16(15)23)11-22-7-3-6-20-22/h2-7,13,15-16,19,23H,8-11H2,1H3/t13?,15-,16-/m1/s1. The Kier molecular flexibility index (Phi) is 4.08. The third kappa shape index (κ3) is 3.07. The third-order valence-corrected chi connectivity index (χ3v) is 4.80. The van der Waals surface area contributed by atoms with Gasteiger partial charge in [0.2, 0.25) is 0 Å². The molecular formula is C18H22N4O2. The Morgan fingerprint density at radius 2 is 2.25 bits per heavy atom. The molecule has 0 amide bonds. The molecule has 1 fully saturated rings. The zero-order chi connectivity index (χ0) is 16.5. The number of hydrogen-bond acceptors (Lipinski definition) is 5. The van der Waals surface area contributed by atoms with Crippen LogP contribution in [0, 0.1) is 12.8 Å². The molecule has 0 saturated heterocycles. The summed E-state index contributed by atoms with van der Waals surface area (Å²) >= 11 is 0. The van der Waals surface area contributed by atoms with E-state index in [0.717, 1.165) is 36.0 Å². The molecule has 2 aromatic heterocycles. The summed E-state index contributed by atoms with van der Waals surface area (Å²) < 4.78 is 7.52. The van der Waals surface area contributed by atoms with Crippen LogP contribution in [0.2, 0.25) is 0 Å². The molecule has 126 valence electrons. The molecule has 1 saturated carbocycles. The molecule has 2 heterocycles. The van der Waals surface area contributed by atoms with Crippen molar-refractivity contribution in [3.8, 4) is 0 Å². The lowest BCUT2D eigenvalue weighted by Crippen LogP contribution is -2.35. The van der Waals surface area contributed by atoms with Crippen LogP contribution in [0.1, 0.15) is 24.3 Å². The van der Waals surface area contributed by atoms with Crippen molar-refractivity contribution in [1.29, 1.82) is 0 Å². The Balaban J connectivity index is 1.40. The van der Waals surface area contributed by atoms with Gasteiger partial charge in [-0.05, 0) is 36.5 Å². The Hall–Kier alpha value is -2.18. The largest absolute Gasteiger partial charge is 0.441 e. The highest BCUT2D eigenvalue weighted by Gasteiger charge is 2.32. The minimum atomic E-state index is -0.316. The summed E-state index contributed by atoms with van der Waals surface area (Å²) in [6, 6.07) is 8.01. The molecule has 2 N–H and O–H groups in total. The van der Waals surface area contributed by atoms with E-state index in [0.29, 0.717) is 18.4 Å². The van der Waals surface area contributed by atoms with E-state index >= 15 is 0 Å².